The van der Waals surface area contributed by atoms with Crippen LogP contribution in [0.5, 0.6) is 0 Å². The SMILES string of the molecule is Cc1cccnc1-c1n[nH]c(C2CCCC2)n1. The fourth-order valence-electron chi connectivity index (χ4n) is 2.48. The first-order chi connectivity index (χ1) is 8.34. The second-order valence-electron chi connectivity index (χ2n) is 4.69. The Hall–Kier alpha value is -1.71. The molecule has 0 amide bonds. The van der Waals surface area contributed by atoms with Crippen LogP contribution in [0.25, 0.3) is 11.5 Å². The van der Waals surface area contributed by atoms with Crippen LogP contribution in [0.4, 0.5) is 0 Å². The molecule has 0 aromatic carbocycles. The lowest BCUT2D eigenvalue weighted by Crippen LogP contribution is -1.95. The van der Waals surface area contributed by atoms with Crippen LogP contribution >= 0.6 is 0 Å². The fraction of sp³-hybridized carbons (Fsp3) is 0.462. The lowest BCUT2D eigenvalue weighted by molar-refractivity contribution is 0.672. The molecule has 0 atom stereocenters. The van der Waals surface area contributed by atoms with E-state index in [0.29, 0.717) is 5.92 Å². The predicted molar refractivity (Wildman–Crippen MR) is 65.6 cm³/mol. The number of hydrogen-bond acceptors (Lipinski definition) is 3. The van der Waals surface area contributed by atoms with Gasteiger partial charge in [-0.2, -0.15) is 5.10 Å². The number of nitrogens with one attached hydrogen (secondary N) is 1. The maximum Gasteiger partial charge on any atom is 0.200 e. The van der Waals surface area contributed by atoms with Crippen molar-refractivity contribution in [3.05, 3.63) is 29.7 Å². The second kappa shape index (κ2) is 4.28. The third-order valence-electron chi connectivity index (χ3n) is 3.47. The summed E-state index contributed by atoms with van der Waals surface area (Å²) in [5, 5.41) is 7.37. The summed E-state index contributed by atoms with van der Waals surface area (Å²) in [6.07, 6.45) is 6.87. The molecule has 4 heteroatoms. The largest absolute Gasteiger partial charge is 0.262 e. The van der Waals surface area contributed by atoms with E-state index < -0.39 is 0 Å². The smallest absolute Gasteiger partial charge is 0.200 e. The van der Waals surface area contributed by atoms with Gasteiger partial charge in [-0.25, -0.2) is 4.98 Å². The molecule has 0 spiro atoms. The average Bonchev–Trinajstić information content (AvgIpc) is 3.00. The molecule has 0 radical (unpaired) electrons. The first kappa shape index (κ1) is 10.4. The van der Waals surface area contributed by atoms with E-state index in [1.54, 1.807) is 6.20 Å². The normalized spacial score (nSPS) is 16.5. The maximum atomic E-state index is 4.59. The predicted octanol–water partition coefficient (Wildman–Crippen LogP) is 2.83. The van der Waals surface area contributed by atoms with Gasteiger partial charge >= 0.3 is 0 Å². The molecule has 1 aliphatic carbocycles. The van der Waals surface area contributed by atoms with Crippen molar-refractivity contribution >= 4 is 0 Å². The van der Waals surface area contributed by atoms with Crippen LogP contribution in [-0.4, -0.2) is 20.2 Å². The lowest BCUT2D eigenvalue weighted by Gasteiger charge is -2.02. The van der Waals surface area contributed by atoms with E-state index in [0.717, 1.165) is 22.9 Å². The van der Waals surface area contributed by atoms with Crippen molar-refractivity contribution in [1.29, 1.82) is 0 Å². The molecule has 1 fully saturated rings. The van der Waals surface area contributed by atoms with Crippen molar-refractivity contribution in [3.63, 3.8) is 0 Å². The van der Waals surface area contributed by atoms with Crippen LogP contribution in [0.2, 0.25) is 0 Å². The summed E-state index contributed by atoms with van der Waals surface area (Å²) in [5.74, 6) is 2.33. The molecule has 2 aromatic heterocycles. The molecular formula is C13H16N4. The molecule has 17 heavy (non-hydrogen) atoms. The van der Waals surface area contributed by atoms with Crippen molar-refractivity contribution in [3.8, 4) is 11.5 Å². The molecule has 4 nitrogen and oxygen atoms in total. The summed E-state index contributed by atoms with van der Waals surface area (Å²) in [6.45, 7) is 2.04. The number of nitrogens with zero attached hydrogens (tertiary/aromatic N) is 3. The number of aromatic nitrogens is 4. The Labute approximate surface area is 101 Å². The molecule has 1 N–H and O–H groups in total. The van der Waals surface area contributed by atoms with Crippen LogP contribution in [0, 0.1) is 6.92 Å². The number of hydrogen-bond donors (Lipinski definition) is 1. The zero-order valence-corrected chi connectivity index (χ0v) is 9.98. The summed E-state index contributed by atoms with van der Waals surface area (Å²) >= 11 is 0. The first-order valence-electron chi connectivity index (χ1n) is 6.19. The minimum Gasteiger partial charge on any atom is -0.262 e. The summed E-state index contributed by atoms with van der Waals surface area (Å²) in [6, 6.07) is 3.97. The van der Waals surface area contributed by atoms with E-state index in [4.69, 9.17) is 0 Å². The van der Waals surface area contributed by atoms with Crippen LogP contribution in [0.15, 0.2) is 18.3 Å². The monoisotopic (exact) mass is 228 g/mol. The van der Waals surface area contributed by atoms with E-state index in [2.05, 4.69) is 20.2 Å². The van der Waals surface area contributed by atoms with Gasteiger partial charge in [0.05, 0.1) is 0 Å². The highest BCUT2D eigenvalue weighted by Gasteiger charge is 2.21. The van der Waals surface area contributed by atoms with Crippen LogP contribution in [0.3, 0.4) is 0 Å². The molecule has 2 heterocycles. The van der Waals surface area contributed by atoms with Crippen molar-refractivity contribution < 1.29 is 0 Å². The third-order valence-corrected chi connectivity index (χ3v) is 3.47. The van der Waals surface area contributed by atoms with Gasteiger partial charge in [-0.3, -0.25) is 10.1 Å². The highest BCUT2D eigenvalue weighted by Crippen LogP contribution is 2.32. The Balaban J connectivity index is 1.92. The minimum atomic E-state index is 0.570. The number of aryl methyl sites for hydroxylation is 1. The standard InChI is InChI=1S/C13H16N4/c1-9-5-4-8-14-11(9)13-15-12(16-17-13)10-6-2-3-7-10/h4-5,8,10H,2-3,6-7H2,1H3,(H,15,16,17). The van der Waals surface area contributed by atoms with Gasteiger partial charge in [0.1, 0.15) is 11.5 Å². The van der Waals surface area contributed by atoms with E-state index in [1.165, 1.54) is 25.7 Å². The Kier molecular flexibility index (Phi) is 2.63. The van der Waals surface area contributed by atoms with E-state index in [-0.39, 0.29) is 0 Å². The minimum absolute atomic E-state index is 0.570. The van der Waals surface area contributed by atoms with Gasteiger partial charge in [0, 0.05) is 12.1 Å². The van der Waals surface area contributed by atoms with E-state index >= 15 is 0 Å². The zero-order valence-electron chi connectivity index (χ0n) is 9.98. The van der Waals surface area contributed by atoms with Crippen molar-refractivity contribution in [2.75, 3.05) is 0 Å². The van der Waals surface area contributed by atoms with Gasteiger partial charge < -0.3 is 0 Å². The quantitative estimate of drug-likeness (QED) is 0.859. The summed E-state index contributed by atoms with van der Waals surface area (Å²) < 4.78 is 0. The first-order valence-corrected chi connectivity index (χ1v) is 6.19. The van der Waals surface area contributed by atoms with Gasteiger partial charge in [-0.05, 0) is 31.4 Å². The molecule has 0 unspecified atom stereocenters. The summed E-state index contributed by atoms with van der Waals surface area (Å²) in [5.41, 5.74) is 2.00. The number of H-pyrrole nitrogens is 1. The highest BCUT2D eigenvalue weighted by atomic mass is 15.2. The van der Waals surface area contributed by atoms with E-state index in [9.17, 15) is 0 Å². The Morgan fingerprint density at radius 1 is 1.29 bits per heavy atom. The lowest BCUT2D eigenvalue weighted by atomic mass is 10.1. The maximum absolute atomic E-state index is 4.59. The van der Waals surface area contributed by atoms with E-state index in [1.807, 2.05) is 19.1 Å². The van der Waals surface area contributed by atoms with Crippen LogP contribution in [0.1, 0.15) is 43.0 Å². The molecule has 2 aromatic rings. The van der Waals surface area contributed by atoms with Gasteiger partial charge in [-0.15, -0.1) is 0 Å². The number of aromatic amines is 1. The molecule has 1 saturated carbocycles. The highest BCUT2D eigenvalue weighted by molar-refractivity contribution is 5.53. The molecule has 1 aliphatic rings. The molecule has 0 bridgehead atoms. The zero-order chi connectivity index (χ0) is 11.7. The van der Waals surface area contributed by atoms with Crippen LogP contribution < -0.4 is 0 Å². The molecule has 0 aliphatic heterocycles. The average molecular weight is 228 g/mol. The summed E-state index contributed by atoms with van der Waals surface area (Å²) in [4.78, 5) is 8.94. The van der Waals surface area contributed by atoms with Gasteiger partial charge in [-0.1, -0.05) is 18.9 Å². The number of pyridine rings is 1. The molecule has 3 rings (SSSR count). The van der Waals surface area contributed by atoms with Gasteiger partial charge in [0.25, 0.3) is 0 Å². The van der Waals surface area contributed by atoms with Crippen molar-refractivity contribution in [2.24, 2.45) is 0 Å². The molecular weight excluding hydrogens is 212 g/mol. The second-order valence-corrected chi connectivity index (χ2v) is 4.69. The third kappa shape index (κ3) is 1.95. The molecule has 0 saturated heterocycles. The Morgan fingerprint density at radius 3 is 2.88 bits per heavy atom. The van der Waals surface area contributed by atoms with Gasteiger partial charge in [0.2, 0.25) is 0 Å². The topological polar surface area (TPSA) is 54.5 Å². The molecule has 88 valence electrons. The fourth-order valence-corrected chi connectivity index (χ4v) is 2.48. The van der Waals surface area contributed by atoms with Crippen LogP contribution in [-0.2, 0) is 0 Å². The summed E-state index contributed by atoms with van der Waals surface area (Å²) in [7, 11) is 0. The van der Waals surface area contributed by atoms with Crippen molar-refractivity contribution in [2.45, 2.75) is 38.5 Å². The Morgan fingerprint density at radius 2 is 2.12 bits per heavy atom. The van der Waals surface area contributed by atoms with Gasteiger partial charge in [0.15, 0.2) is 5.82 Å². The Bertz CT molecular complexity index is 512. The number of rotatable bonds is 2. The van der Waals surface area contributed by atoms with Crippen molar-refractivity contribution in [1.82, 2.24) is 20.2 Å².